The van der Waals surface area contributed by atoms with Crippen molar-refractivity contribution in [2.24, 2.45) is 0 Å². The molecule has 1 amide bonds. The van der Waals surface area contributed by atoms with Gasteiger partial charge in [0, 0.05) is 20.6 Å². The number of nitrogens with zero attached hydrogens (tertiary/aromatic N) is 3. The summed E-state index contributed by atoms with van der Waals surface area (Å²) in [5, 5.41) is 0. The van der Waals surface area contributed by atoms with E-state index < -0.39 is 5.82 Å². The maximum Gasteiger partial charge on any atom is 0.257 e. The molecular formula is C19H22FN3O3. The molecule has 7 heteroatoms. The SMILES string of the molecule is COc1ccc(F)cc1C(=O)N1CCO[C@H](c2cccc(N(C)C)n2)C1. The second-order valence-electron chi connectivity index (χ2n) is 6.27. The molecule has 0 unspecified atom stereocenters. The van der Waals surface area contributed by atoms with Gasteiger partial charge in [-0.1, -0.05) is 6.07 Å². The van der Waals surface area contributed by atoms with Crippen molar-refractivity contribution in [3.8, 4) is 5.75 Å². The van der Waals surface area contributed by atoms with E-state index in [1.165, 1.54) is 25.3 Å². The van der Waals surface area contributed by atoms with Crippen molar-refractivity contribution < 1.29 is 18.7 Å². The predicted octanol–water partition coefficient (Wildman–Crippen LogP) is 2.51. The highest BCUT2D eigenvalue weighted by Crippen LogP contribution is 2.26. The molecule has 1 saturated heterocycles. The molecule has 2 heterocycles. The molecule has 26 heavy (non-hydrogen) atoms. The number of rotatable bonds is 4. The topological polar surface area (TPSA) is 54.9 Å². The average molecular weight is 359 g/mol. The first kappa shape index (κ1) is 18.1. The Morgan fingerprint density at radius 2 is 2.15 bits per heavy atom. The average Bonchev–Trinajstić information content (AvgIpc) is 2.67. The van der Waals surface area contributed by atoms with Gasteiger partial charge in [-0.3, -0.25) is 4.79 Å². The zero-order valence-electron chi connectivity index (χ0n) is 15.1. The Morgan fingerprint density at radius 1 is 1.35 bits per heavy atom. The molecular weight excluding hydrogens is 337 g/mol. The van der Waals surface area contributed by atoms with Gasteiger partial charge in [0.15, 0.2) is 0 Å². The third-order valence-corrected chi connectivity index (χ3v) is 4.29. The molecule has 2 aromatic rings. The molecule has 0 radical (unpaired) electrons. The van der Waals surface area contributed by atoms with Gasteiger partial charge < -0.3 is 19.3 Å². The first-order valence-corrected chi connectivity index (χ1v) is 8.38. The molecule has 0 N–H and O–H groups in total. The van der Waals surface area contributed by atoms with Crippen molar-refractivity contribution in [2.75, 3.05) is 45.8 Å². The van der Waals surface area contributed by atoms with E-state index in [0.717, 1.165) is 11.5 Å². The summed E-state index contributed by atoms with van der Waals surface area (Å²) in [7, 11) is 5.29. The number of amides is 1. The number of pyridine rings is 1. The second kappa shape index (κ2) is 7.70. The predicted molar refractivity (Wildman–Crippen MR) is 96.1 cm³/mol. The summed E-state index contributed by atoms with van der Waals surface area (Å²) >= 11 is 0. The molecule has 0 spiro atoms. The number of carbonyl (C=O) groups excluding carboxylic acids is 1. The van der Waals surface area contributed by atoms with Gasteiger partial charge in [-0.2, -0.15) is 0 Å². The minimum Gasteiger partial charge on any atom is -0.496 e. The van der Waals surface area contributed by atoms with Crippen LogP contribution in [0.3, 0.4) is 0 Å². The Balaban J connectivity index is 1.81. The number of hydrogen-bond donors (Lipinski definition) is 0. The lowest BCUT2D eigenvalue weighted by Gasteiger charge is -2.33. The van der Waals surface area contributed by atoms with Crippen molar-refractivity contribution in [3.05, 3.63) is 53.5 Å². The van der Waals surface area contributed by atoms with Crippen molar-refractivity contribution in [1.82, 2.24) is 9.88 Å². The standard InChI is InChI=1S/C19H22FN3O3/c1-22(2)18-6-4-5-15(21-18)17-12-23(9-10-26-17)19(24)14-11-13(20)7-8-16(14)25-3/h4-8,11,17H,9-10,12H2,1-3H3/t17-/m0/s1. The van der Waals surface area contributed by atoms with E-state index in [2.05, 4.69) is 4.98 Å². The molecule has 0 aliphatic carbocycles. The summed E-state index contributed by atoms with van der Waals surface area (Å²) in [6.07, 6.45) is -0.327. The first-order valence-electron chi connectivity index (χ1n) is 8.38. The van der Waals surface area contributed by atoms with Crippen molar-refractivity contribution in [1.29, 1.82) is 0 Å². The van der Waals surface area contributed by atoms with E-state index in [1.807, 2.05) is 37.2 Å². The largest absolute Gasteiger partial charge is 0.496 e. The van der Waals surface area contributed by atoms with E-state index >= 15 is 0 Å². The number of morpholine rings is 1. The van der Waals surface area contributed by atoms with Crippen LogP contribution in [0.4, 0.5) is 10.2 Å². The molecule has 1 aromatic carbocycles. The molecule has 1 aliphatic rings. The monoisotopic (exact) mass is 359 g/mol. The number of methoxy groups -OCH3 is 1. The first-order chi connectivity index (χ1) is 12.5. The lowest BCUT2D eigenvalue weighted by Crippen LogP contribution is -2.42. The molecule has 1 aliphatic heterocycles. The fourth-order valence-electron chi connectivity index (χ4n) is 2.90. The molecule has 6 nitrogen and oxygen atoms in total. The second-order valence-corrected chi connectivity index (χ2v) is 6.27. The number of halogens is 1. The minimum atomic E-state index is -0.473. The zero-order chi connectivity index (χ0) is 18.7. The van der Waals surface area contributed by atoms with Gasteiger partial charge in [0.25, 0.3) is 5.91 Å². The van der Waals surface area contributed by atoms with Gasteiger partial charge in [0.05, 0.1) is 31.5 Å². The molecule has 1 atom stereocenters. The Bertz CT molecular complexity index is 797. The Hall–Kier alpha value is -2.67. The Morgan fingerprint density at radius 3 is 2.88 bits per heavy atom. The normalized spacial score (nSPS) is 17.1. The van der Waals surface area contributed by atoms with Crippen LogP contribution in [0, 0.1) is 5.82 Å². The molecule has 0 bridgehead atoms. The van der Waals surface area contributed by atoms with Crippen LogP contribution in [0.2, 0.25) is 0 Å². The Labute approximate surface area is 152 Å². The lowest BCUT2D eigenvalue weighted by molar-refractivity contribution is -0.0247. The third-order valence-electron chi connectivity index (χ3n) is 4.29. The minimum absolute atomic E-state index is 0.211. The fourth-order valence-corrected chi connectivity index (χ4v) is 2.90. The fraction of sp³-hybridized carbons (Fsp3) is 0.368. The van der Waals surface area contributed by atoms with Crippen LogP contribution >= 0.6 is 0 Å². The summed E-state index contributed by atoms with van der Waals surface area (Å²) in [4.78, 5) is 21.0. The van der Waals surface area contributed by atoms with E-state index in [9.17, 15) is 9.18 Å². The molecule has 3 rings (SSSR count). The van der Waals surface area contributed by atoms with Crippen LogP contribution in [-0.2, 0) is 4.74 Å². The molecule has 1 fully saturated rings. The smallest absolute Gasteiger partial charge is 0.257 e. The van der Waals surface area contributed by atoms with Gasteiger partial charge in [-0.25, -0.2) is 9.37 Å². The highest BCUT2D eigenvalue weighted by Gasteiger charge is 2.28. The van der Waals surface area contributed by atoms with Crippen LogP contribution in [0.15, 0.2) is 36.4 Å². The van der Waals surface area contributed by atoms with E-state index in [4.69, 9.17) is 9.47 Å². The van der Waals surface area contributed by atoms with E-state index in [1.54, 1.807) is 4.90 Å². The van der Waals surface area contributed by atoms with Crippen LogP contribution in [0.25, 0.3) is 0 Å². The maximum atomic E-state index is 13.6. The highest BCUT2D eigenvalue weighted by molar-refractivity contribution is 5.97. The van der Waals surface area contributed by atoms with Crippen LogP contribution < -0.4 is 9.64 Å². The number of benzene rings is 1. The van der Waals surface area contributed by atoms with Crippen molar-refractivity contribution in [2.45, 2.75) is 6.10 Å². The van der Waals surface area contributed by atoms with Crippen LogP contribution in [-0.4, -0.2) is 56.7 Å². The Kier molecular flexibility index (Phi) is 5.37. The summed E-state index contributed by atoms with van der Waals surface area (Å²) in [5.41, 5.74) is 0.975. The lowest BCUT2D eigenvalue weighted by atomic mass is 10.1. The summed E-state index contributed by atoms with van der Waals surface area (Å²) in [5.74, 6) is 0.422. The van der Waals surface area contributed by atoms with Crippen LogP contribution in [0.1, 0.15) is 22.2 Å². The van der Waals surface area contributed by atoms with E-state index in [-0.39, 0.29) is 17.6 Å². The van der Waals surface area contributed by atoms with Gasteiger partial charge in [-0.15, -0.1) is 0 Å². The van der Waals surface area contributed by atoms with Crippen LogP contribution in [0.5, 0.6) is 5.75 Å². The highest BCUT2D eigenvalue weighted by atomic mass is 19.1. The number of ether oxygens (including phenoxy) is 2. The maximum absolute atomic E-state index is 13.6. The van der Waals surface area contributed by atoms with Gasteiger partial charge in [-0.05, 0) is 30.3 Å². The molecule has 1 aromatic heterocycles. The summed E-state index contributed by atoms with van der Waals surface area (Å²) in [6, 6.07) is 9.65. The van der Waals surface area contributed by atoms with Crippen molar-refractivity contribution in [3.63, 3.8) is 0 Å². The number of carbonyl (C=O) groups is 1. The van der Waals surface area contributed by atoms with Gasteiger partial charge in [0.2, 0.25) is 0 Å². The van der Waals surface area contributed by atoms with E-state index in [0.29, 0.717) is 25.4 Å². The summed E-state index contributed by atoms with van der Waals surface area (Å²) in [6.45, 7) is 1.17. The summed E-state index contributed by atoms with van der Waals surface area (Å²) < 4.78 is 24.6. The number of aromatic nitrogens is 1. The van der Waals surface area contributed by atoms with Crippen molar-refractivity contribution >= 4 is 11.7 Å². The number of hydrogen-bond acceptors (Lipinski definition) is 5. The molecule has 138 valence electrons. The van der Waals surface area contributed by atoms with Gasteiger partial charge >= 0.3 is 0 Å². The third kappa shape index (κ3) is 3.77. The quantitative estimate of drug-likeness (QED) is 0.840. The number of anilines is 1. The van der Waals surface area contributed by atoms with Gasteiger partial charge in [0.1, 0.15) is 23.5 Å². The molecule has 0 saturated carbocycles. The zero-order valence-corrected chi connectivity index (χ0v) is 15.1.